The number of Topliss-reactive ketones (excluding diaryl/α,β-unsaturated/α-hetero) is 1. The highest BCUT2D eigenvalue weighted by Gasteiger charge is 2.25. The first-order chi connectivity index (χ1) is 27.9. The zero-order valence-electron chi connectivity index (χ0n) is 30.9. The fraction of sp³-hybridized carbons (Fsp3) is 0.0732. The summed E-state index contributed by atoms with van der Waals surface area (Å²) in [5.41, 5.74) is 19.6. The summed E-state index contributed by atoms with van der Waals surface area (Å²) in [6.07, 6.45) is 0.292. The number of aromatic carboxylic acids is 1. The number of nitrogens with one attached hydrogen (secondary N) is 2. The number of hydrogen-bond donors (Lipinski definition) is 6. The number of carbonyl (C=O) groups is 6. The Bertz CT molecular complexity index is 2520. The third-order valence-electron chi connectivity index (χ3n) is 7.97. The van der Waals surface area contributed by atoms with Crippen LogP contribution in [0.1, 0.15) is 77.5 Å². The molecule has 0 bridgehead atoms. The number of benzene rings is 4. The molecule has 9 N–H and O–H groups in total. The van der Waals surface area contributed by atoms with Crippen LogP contribution in [0.25, 0.3) is 0 Å². The van der Waals surface area contributed by atoms with E-state index in [1.807, 2.05) is 36.4 Å². The van der Waals surface area contributed by atoms with E-state index >= 15 is 0 Å². The first kappa shape index (κ1) is 46.0. The standard InChI is InChI=1S/C20H15Cl2N3O3S.C14H14N2O2S.C7H4Cl2O2/c1-10-15(17(23)26)20(25-18(27)11-7-12(21)9-13(22)8-11)29-16(10)19(28)24-14-5-3-2-4-6-14;1-8-11(13(15)18)14(16)19-12(8)10(17)7-9-5-3-2-4-6-9;8-5-1-4(7(10)11)2-6(9)3-5/h2-9H,1H3,(H2,23,26)(H,24,28)(H,25,27);2-6H,7,16H2,1H3,(H2,15,18);1-3H,(H,10,11). The molecule has 0 aliphatic heterocycles. The fourth-order valence-electron chi connectivity index (χ4n) is 5.33. The molecule has 2 aromatic heterocycles. The molecule has 4 amide bonds. The molecule has 2 heterocycles. The Morgan fingerprint density at radius 2 is 1.08 bits per heavy atom. The summed E-state index contributed by atoms with van der Waals surface area (Å²) in [5, 5.41) is 15.6. The number of carboxylic acid groups (broad SMARTS) is 1. The lowest BCUT2D eigenvalue weighted by molar-refractivity contribution is 0.0695. The van der Waals surface area contributed by atoms with E-state index in [0.717, 1.165) is 28.2 Å². The van der Waals surface area contributed by atoms with Gasteiger partial charge in [0, 0.05) is 37.8 Å². The summed E-state index contributed by atoms with van der Waals surface area (Å²) in [6.45, 7) is 3.30. The molecular formula is C41H33Cl4N5O7S2. The number of para-hydroxylation sites is 1. The summed E-state index contributed by atoms with van der Waals surface area (Å²) >= 11 is 25.1. The van der Waals surface area contributed by atoms with Crippen molar-refractivity contribution in [1.82, 2.24) is 0 Å². The second-order valence-electron chi connectivity index (χ2n) is 12.3. The van der Waals surface area contributed by atoms with Crippen LogP contribution in [0.5, 0.6) is 0 Å². The van der Waals surface area contributed by atoms with Crippen molar-refractivity contribution in [3.63, 3.8) is 0 Å². The Hall–Kier alpha value is -5.74. The fourth-order valence-corrected chi connectivity index (χ4v) is 8.50. The molecule has 0 saturated heterocycles. The van der Waals surface area contributed by atoms with Crippen LogP contribution < -0.4 is 27.8 Å². The maximum atomic E-state index is 12.7. The average molecular weight is 914 g/mol. The topological polar surface area (TPSA) is 225 Å². The van der Waals surface area contributed by atoms with Crippen molar-refractivity contribution in [2.75, 3.05) is 16.4 Å². The van der Waals surface area contributed by atoms with Gasteiger partial charge in [-0.3, -0.25) is 24.0 Å². The van der Waals surface area contributed by atoms with Gasteiger partial charge in [0.2, 0.25) is 0 Å². The predicted molar refractivity (Wildman–Crippen MR) is 236 cm³/mol. The van der Waals surface area contributed by atoms with E-state index in [1.165, 1.54) is 36.4 Å². The molecule has 59 heavy (non-hydrogen) atoms. The van der Waals surface area contributed by atoms with Crippen LogP contribution >= 0.6 is 69.1 Å². The van der Waals surface area contributed by atoms with E-state index in [-0.39, 0.29) is 37.9 Å². The highest BCUT2D eigenvalue weighted by molar-refractivity contribution is 7.19. The van der Waals surface area contributed by atoms with Crippen molar-refractivity contribution in [1.29, 1.82) is 0 Å². The van der Waals surface area contributed by atoms with Gasteiger partial charge in [0.15, 0.2) is 5.78 Å². The van der Waals surface area contributed by atoms with Crippen LogP contribution in [-0.4, -0.2) is 40.5 Å². The van der Waals surface area contributed by atoms with Gasteiger partial charge in [0.25, 0.3) is 23.6 Å². The molecule has 0 radical (unpaired) electrons. The number of amides is 4. The first-order valence-electron chi connectivity index (χ1n) is 16.9. The number of halogens is 4. The molecule has 0 aliphatic rings. The van der Waals surface area contributed by atoms with E-state index in [0.29, 0.717) is 53.2 Å². The number of ketones is 1. The highest BCUT2D eigenvalue weighted by atomic mass is 35.5. The van der Waals surface area contributed by atoms with Crippen molar-refractivity contribution in [3.8, 4) is 0 Å². The minimum absolute atomic E-state index is 0.0482. The van der Waals surface area contributed by atoms with Crippen molar-refractivity contribution < 1.29 is 33.9 Å². The third kappa shape index (κ3) is 12.6. The molecule has 0 atom stereocenters. The average Bonchev–Trinajstić information content (AvgIpc) is 3.66. The molecule has 304 valence electrons. The third-order valence-corrected chi connectivity index (χ3v) is 11.2. The Labute approximate surface area is 365 Å². The second-order valence-corrected chi connectivity index (χ2v) is 16.1. The first-order valence-corrected chi connectivity index (χ1v) is 20.0. The van der Waals surface area contributed by atoms with E-state index in [1.54, 1.807) is 38.1 Å². The quantitative estimate of drug-likeness (QED) is 0.0724. The summed E-state index contributed by atoms with van der Waals surface area (Å²) in [4.78, 5) is 71.9. The molecule has 6 rings (SSSR count). The molecule has 18 heteroatoms. The molecule has 0 aliphatic carbocycles. The monoisotopic (exact) mass is 911 g/mol. The highest BCUT2D eigenvalue weighted by Crippen LogP contribution is 2.34. The van der Waals surface area contributed by atoms with Crippen LogP contribution in [0.2, 0.25) is 20.1 Å². The van der Waals surface area contributed by atoms with Crippen LogP contribution in [-0.2, 0) is 6.42 Å². The van der Waals surface area contributed by atoms with Gasteiger partial charge < -0.3 is 32.9 Å². The van der Waals surface area contributed by atoms with Gasteiger partial charge in [-0.2, -0.15) is 0 Å². The number of carbonyl (C=O) groups excluding carboxylic acids is 5. The zero-order chi connectivity index (χ0) is 43.6. The van der Waals surface area contributed by atoms with Gasteiger partial charge in [0.05, 0.1) is 31.4 Å². The number of anilines is 3. The van der Waals surface area contributed by atoms with Crippen molar-refractivity contribution in [2.45, 2.75) is 20.3 Å². The molecule has 0 unspecified atom stereocenters. The molecule has 0 spiro atoms. The minimum Gasteiger partial charge on any atom is -0.478 e. The minimum atomic E-state index is -1.03. The lowest BCUT2D eigenvalue weighted by Gasteiger charge is -2.06. The van der Waals surface area contributed by atoms with E-state index in [2.05, 4.69) is 10.6 Å². The molecule has 0 saturated carbocycles. The van der Waals surface area contributed by atoms with Crippen molar-refractivity contribution in [3.05, 3.63) is 166 Å². The number of primary amides is 2. The van der Waals surface area contributed by atoms with Gasteiger partial charge in [-0.15, -0.1) is 22.7 Å². The summed E-state index contributed by atoms with van der Waals surface area (Å²) in [6, 6.07) is 26.9. The van der Waals surface area contributed by atoms with Crippen molar-refractivity contribution >= 4 is 120 Å². The number of carboxylic acids is 1. The van der Waals surface area contributed by atoms with Gasteiger partial charge >= 0.3 is 5.97 Å². The second kappa shape index (κ2) is 20.8. The molecular weight excluding hydrogens is 880 g/mol. The van der Waals surface area contributed by atoms with Crippen LogP contribution in [0.15, 0.2) is 97.1 Å². The lowest BCUT2D eigenvalue weighted by atomic mass is 10.0. The van der Waals surface area contributed by atoms with Crippen LogP contribution in [0.4, 0.5) is 15.7 Å². The number of hydrogen-bond acceptors (Lipinski definition) is 9. The van der Waals surface area contributed by atoms with Gasteiger partial charge in [-0.25, -0.2) is 4.79 Å². The number of rotatable bonds is 10. The Balaban J connectivity index is 0.000000219. The summed E-state index contributed by atoms with van der Waals surface area (Å²) in [7, 11) is 0. The Morgan fingerprint density at radius 3 is 1.56 bits per heavy atom. The molecule has 6 aromatic rings. The van der Waals surface area contributed by atoms with Crippen LogP contribution in [0, 0.1) is 13.8 Å². The number of nitrogens with two attached hydrogens (primary N) is 3. The smallest absolute Gasteiger partial charge is 0.335 e. The number of thiophene rings is 2. The summed E-state index contributed by atoms with van der Waals surface area (Å²) in [5.74, 6) is -3.37. The van der Waals surface area contributed by atoms with Gasteiger partial charge in [0.1, 0.15) is 5.00 Å². The maximum absolute atomic E-state index is 12.7. The normalized spacial score (nSPS) is 10.3. The predicted octanol–water partition coefficient (Wildman–Crippen LogP) is 9.82. The maximum Gasteiger partial charge on any atom is 0.335 e. The lowest BCUT2D eigenvalue weighted by Crippen LogP contribution is -2.18. The van der Waals surface area contributed by atoms with Gasteiger partial charge in [-0.1, -0.05) is 94.9 Å². The van der Waals surface area contributed by atoms with E-state index in [9.17, 15) is 28.8 Å². The summed E-state index contributed by atoms with van der Waals surface area (Å²) < 4.78 is 0. The van der Waals surface area contributed by atoms with E-state index in [4.69, 9.17) is 68.7 Å². The SMILES string of the molecule is Cc1c(C(=O)Cc2ccccc2)sc(N)c1C(N)=O.Cc1c(C(=O)Nc2ccccc2)sc(NC(=O)c2cc(Cl)cc(Cl)c2)c1C(N)=O.O=C(O)c1cc(Cl)cc(Cl)c1. The number of nitrogen functional groups attached to an aromatic ring is 1. The Kier molecular flexibility index (Phi) is 16.2. The van der Waals surface area contributed by atoms with Gasteiger partial charge in [-0.05, 0) is 79.1 Å². The molecule has 12 nitrogen and oxygen atoms in total. The molecule has 4 aromatic carbocycles. The Morgan fingerprint density at radius 1 is 0.610 bits per heavy atom. The van der Waals surface area contributed by atoms with Crippen molar-refractivity contribution in [2.24, 2.45) is 11.5 Å². The van der Waals surface area contributed by atoms with E-state index < -0.39 is 29.6 Å². The zero-order valence-corrected chi connectivity index (χ0v) is 35.6. The largest absolute Gasteiger partial charge is 0.478 e. The van der Waals surface area contributed by atoms with Crippen LogP contribution in [0.3, 0.4) is 0 Å². The molecule has 0 fully saturated rings.